The Labute approximate surface area is 85.3 Å². The first-order valence-corrected chi connectivity index (χ1v) is 4.28. The summed E-state index contributed by atoms with van der Waals surface area (Å²) < 4.78 is 0. The smallest absolute Gasteiger partial charge is 0.264 e. The lowest BCUT2D eigenvalue weighted by atomic mass is 9.94. The monoisotopic (exact) mass is 207 g/mol. The first-order valence-electron chi connectivity index (χ1n) is 3.90. The van der Waals surface area contributed by atoms with Crippen molar-refractivity contribution in [2.75, 3.05) is 5.32 Å². The zero-order valence-electron chi connectivity index (χ0n) is 7.04. The molecule has 5 heteroatoms. The Bertz CT molecular complexity index is 466. The van der Waals surface area contributed by atoms with E-state index >= 15 is 0 Å². The normalized spacial score (nSPS) is 23.9. The largest absolute Gasteiger partial charge is 0.322 e. The molecule has 0 aliphatic carbocycles. The van der Waals surface area contributed by atoms with Gasteiger partial charge in [-0.1, -0.05) is 23.7 Å². The molecule has 1 heterocycles. The Morgan fingerprint density at radius 3 is 2.93 bits per heavy atom. The number of carbonyl (C=O) groups is 1. The highest BCUT2D eigenvalue weighted by molar-refractivity contribution is 6.35. The number of carbonyl (C=O) groups excluding carboxylic acids is 1. The molecular weight excluding hydrogens is 202 g/mol. The molecule has 1 aliphatic heterocycles. The van der Waals surface area contributed by atoms with Crippen LogP contribution in [0.25, 0.3) is 0 Å². The number of nitrogens with one attached hydrogen (secondary N) is 1. The minimum absolute atomic E-state index is 0.387. The van der Waals surface area contributed by atoms with Gasteiger partial charge in [-0.05, 0) is 6.07 Å². The lowest BCUT2D eigenvalue weighted by Crippen LogP contribution is -2.41. The molecule has 0 saturated heterocycles. The Hall–Kier alpha value is -1.57. The number of nitrogens with two attached hydrogens (primary N) is 1. The number of para-hydroxylation sites is 1. The number of nitrogens with zero attached hydrogens (tertiary/aromatic N) is 1. The molecule has 1 unspecified atom stereocenters. The van der Waals surface area contributed by atoms with E-state index < -0.39 is 11.4 Å². The van der Waals surface area contributed by atoms with E-state index in [1.807, 2.05) is 0 Å². The quantitative estimate of drug-likeness (QED) is 0.665. The molecule has 1 aliphatic rings. The topological polar surface area (TPSA) is 78.9 Å². The molecule has 3 N–H and O–H groups in total. The van der Waals surface area contributed by atoms with Gasteiger partial charge in [0.2, 0.25) is 5.54 Å². The van der Waals surface area contributed by atoms with Crippen LogP contribution in [0.5, 0.6) is 0 Å². The second-order valence-electron chi connectivity index (χ2n) is 3.04. The molecule has 0 saturated carbocycles. The van der Waals surface area contributed by atoms with Crippen molar-refractivity contribution in [3.05, 3.63) is 28.8 Å². The van der Waals surface area contributed by atoms with Crippen LogP contribution in [0.15, 0.2) is 18.2 Å². The van der Waals surface area contributed by atoms with E-state index in [1.54, 1.807) is 24.3 Å². The van der Waals surface area contributed by atoms with Crippen molar-refractivity contribution in [1.82, 2.24) is 0 Å². The average molecular weight is 208 g/mol. The van der Waals surface area contributed by atoms with E-state index in [-0.39, 0.29) is 0 Å². The first kappa shape index (κ1) is 9.00. The Balaban J connectivity index is 2.72. The highest BCUT2D eigenvalue weighted by atomic mass is 35.5. The fraction of sp³-hybridized carbons (Fsp3) is 0.111. The zero-order valence-corrected chi connectivity index (χ0v) is 7.80. The van der Waals surface area contributed by atoms with Gasteiger partial charge in [0.1, 0.15) is 0 Å². The van der Waals surface area contributed by atoms with E-state index in [1.165, 1.54) is 0 Å². The molecule has 0 bridgehead atoms. The van der Waals surface area contributed by atoms with Gasteiger partial charge in [0.25, 0.3) is 5.91 Å². The van der Waals surface area contributed by atoms with Crippen LogP contribution in [0.1, 0.15) is 5.56 Å². The van der Waals surface area contributed by atoms with Crippen molar-refractivity contribution in [1.29, 1.82) is 5.26 Å². The van der Waals surface area contributed by atoms with Gasteiger partial charge in [0, 0.05) is 5.56 Å². The van der Waals surface area contributed by atoms with E-state index in [0.29, 0.717) is 16.3 Å². The van der Waals surface area contributed by atoms with Crippen molar-refractivity contribution >= 4 is 23.2 Å². The Morgan fingerprint density at radius 1 is 1.57 bits per heavy atom. The van der Waals surface area contributed by atoms with Crippen LogP contribution >= 0.6 is 11.6 Å². The van der Waals surface area contributed by atoms with E-state index in [2.05, 4.69) is 5.32 Å². The number of hydrogen-bond acceptors (Lipinski definition) is 3. The van der Waals surface area contributed by atoms with Crippen molar-refractivity contribution in [2.45, 2.75) is 5.54 Å². The summed E-state index contributed by atoms with van der Waals surface area (Å²) in [7, 11) is 0. The number of amides is 1. The van der Waals surface area contributed by atoms with Crippen molar-refractivity contribution in [3.8, 4) is 6.07 Å². The predicted molar refractivity (Wildman–Crippen MR) is 51.6 cm³/mol. The zero-order chi connectivity index (χ0) is 10.3. The van der Waals surface area contributed by atoms with E-state index in [4.69, 9.17) is 22.6 Å². The standard InChI is InChI=1S/C9H6ClN3O/c10-6-3-1-2-5-7(6)13-8(14)9(5,12)4-11/h1-3H,12H2,(H,13,14). The summed E-state index contributed by atoms with van der Waals surface area (Å²) in [6, 6.07) is 6.68. The number of benzene rings is 1. The maximum atomic E-state index is 11.4. The summed E-state index contributed by atoms with van der Waals surface area (Å²) in [6.07, 6.45) is 0. The fourth-order valence-corrected chi connectivity index (χ4v) is 1.65. The highest BCUT2D eigenvalue weighted by Crippen LogP contribution is 2.38. The van der Waals surface area contributed by atoms with Crippen LogP contribution in [0.2, 0.25) is 5.02 Å². The lowest BCUT2D eigenvalue weighted by molar-refractivity contribution is -0.118. The van der Waals surface area contributed by atoms with Crippen LogP contribution in [-0.4, -0.2) is 5.91 Å². The summed E-state index contributed by atoms with van der Waals surface area (Å²) in [5.41, 5.74) is 4.90. The van der Waals surface area contributed by atoms with Crippen molar-refractivity contribution in [2.24, 2.45) is 5.73 Å². The second kappa shape index (κ2) is 2.71. The van der Waals surface area contributed by atoms with Gasteiger partial charge in [0.15, 0.2) is 0 Å². The van der Waals surface area contributed by atoms with Crippen LogP contribution in [0.3, 0.4) is 0 Å². The minimum Gasteiger partial charge on any atom is -0.322 e. The number of hydrogen-bond donors (Lipinski definition) is 2. The van der Waals surface area contributed by atoms with Gasteiger partial charge < -0.3 is 11.1 Å². The van der Waals surface area contributed by atoms with Crippen molar-refractivity contribution < 1.29 is 4.79 Å². The van der Waals surface area contributed by atoms with Crippen LogP contribution in [-0.2, 0) is 10.3 Å². The number of nitriles is 1. The maximum absolute atomic E-state index is 11.4. The van der Waals surface area contributed by atoms with E-state index in [0.717, 1.165) is 0 Å². The molecule has 0 aromatic heterocycles. The maximum Gasteiger partial charge on any atom is 0.264 e. The summed E-state index contributed by atoms with van der Waals surface area (Å²) in [5, 5.41) is 11.7. The van der Waals surface area contributed by atoms with Crippen LogP contribution in [0.4, 0.5) is 5.69 Å². The van der Waals surface area contributed by atoms with Crippen LogP contribution < -0.4 is 11.1 Å². The Kier molecular flexibility index (Phi) is 1.74. The molecule has 1 amide bonds. The number of fused-ring (bicyclic) bond motifs is 1. The molecule has 2 rings (SSSR count). The third-order valence-corrected chi connectivity index (χ3v) is 2.53. The summed E-state index contributed by atoms with van der Waals surface area (Å²) in [6.45, 7) is 0. The van der Waals surface area contributed by atoms with Gasteiger partial charge in [-0.15, -0.1) is 0 Å². The van der Waals surface area contributed by atoms with E-state index in [9.17, 15) is 4.79 Å². The summed E-state index contributed by atoms with van der Waals surface area (Å²) in [5.74, 6) is -0.539. The molecule has 1 atom stereocenters. The van der Waals surface area contributed by atoms with Crippen molar-refractivity contribution in [3.63, 3.8) is 0 Å². The molecule has 70 valence electrons. The minimum atomic E-state index is -1.61. The molecule has 14 heavy (non-hydrogen) atoms. The van der Waals surface area contributed by atoms with Gasteiger partial charge in [-0.3, -0.25) is 4.79 Å². The van der Waals surface area contributed by atoms with Gasteiger partial charge in [-0.2, -0.15) is 5.26 Å². The van der Waals surface area contributed by atoms with Gasteiger partial charge >= 0.3 is 0 Å². The molecule has 1 aromatic rings. The molecular formula is C9H6ClN3O. The fourth-order valence-electron chi connectivity index (χ4n) is 1.43. The molecule has 0 radical (unpaired) electrons. The number of halogens is 1. The predicted octanol–water partition coefficient (Wildman–Crippen LogP) is 0.970. The number of anilines is 1. The van der Waals surface area contributed by atoms with Gasteiger partial charge in [-0.25, -0.2) is 0 Å². The molecule has 0 spiro atoms. The first-order chi connectivity index (χ1) is 6.59. The summed E-state index contributed by atoms with van der Waals surface area (Å²) >= 11 is 5.84. The average Bonchev–Trinajstić information content (AvgIpc) is 2.43. The third kappa shape index (κ3) is 0.939. The summed E-state index contributed by atoms with van der Waals surface area (Å²) in [4.78, 5) is 11.4. The molecule has 1 aromatic carbocycles. The highest BCUT2D eigenvalue weighted by Gasteiger charge is 2.44. The van der Waals surface area contributed by atoms with Gasteiger partial charge in [0.05, 0.1) is 16.8 Å². The Morgan fingerprint density at radius 2 is 2.29 bits per heavy atom. The molecule has 4 nitrogen and oxygen atoms in total. The lowest BCUT2D eigenvalue weighted by Gasteiger charge is -2.11. The number of rotatable bonds is 0. The second-order valence-corrected chi connectivity index (χ2v) is 3.44. The molecule has 0 fully saturated rings. The van der Waals surface area contributed by atoms with Crippen LogP contribution in [0, 0.1) is 11.3 Å². The SMILES string of the molecule is N#CC1(N)C(=O)Nc2c(Cl)cccc21. The third-order valence-electron chi connectivity index (χ3n) is 2.21.